The summed E-state index contributed by atoms with van der Waals surface area (Å²) in [6, 6.07) is 14.6. The van der Waals surface area contributed by atoms with Gasteiger partial charge in [0.15, 0.2) is 0 Å². The Hall–Kier alpha value is -3.10. The fourth-order valence-electron chi connectivity index (χ4n) is 3.01. The van der Waals surface area contributed by atoms with Gasteiger partial charge in [0.05, 0.1) is 22.3 Å². The highest BCUT2D eigenvalue weighted by Crippen LogP contribution is 2.38. The molecule has 0 radical (unpaired) electrons. The van der Waals surface area contributed by atoms with E-state index in [1.807, 2.05) is 12.1 Å². The third-order valence-corrected chi connectivity index (χ3v) is 7.14. The predicted octanol–water partition coefficient (Wildman–Crippen LogP) is 5.36. The molecule has 0 aliphatic heterocycles. The molecule has 1 atom stereocenters. The molecule has 0 bridgehead atoms. The van der Waals surface area contributed by atoms with E-state index in [0.717, 1.165) is 10.3 Å². The summed E-state index contributed by atoms with van der Waals surface area (Å²) in [4.78, 5) is 17.5. The van der Waals surface area contributed by atoms with Gasteiger partial charge >= 0.3 is 5.97 Å². The highest BCUT2D eigenvalue weighted by atomic mass is 32.2. The number of fused-ring (bicyclic) bond motifs is 1. The number of aromatic nitrogens is 1. The van der Waals surface area contributed by atoms with Crippen LogP contribution < -0.4 is 4.74 Å². The number of hydrogen-bond acceptors (Lipinski definition) is 6. The van der Waals surface area contributed by atoms with Gasteiger partial charge in [0.1, 0.15) is 23.1 Å². The van der Waals surface area contributed by atoms with Crippen LogP contribution in [-0.2, 0) is 22.1 Å². The lowest BCUT2D eigenvalue weighted by Crippen LogP contribution is -2.06. The lowest BCUT2D eigenvalue weighted by molar-refractivity contribution is 0.0528. The van der Waals surface area contributed by atoms with Crippen LogP contribution >= 0.6 is 11.3 Å². The number of hydrogen-bond donors (Lipinski definition) is 0. The average molecular weight is 456 g/mol. The van der Waals surface area contributed by atoms with Crippen molar-refractivity contribution < 1.29 is 22.9 Å². The Morgan fingerprint density at radius 2 is 2.03 bits per heavy atom. The third kappa shape index (κ3) is 4.65. The van der Waals surface area contributed by atoms with Gasteiger partial charge < -0.3 is 9.47 Å². The second kappa shape index (κ2) is 9.36. The van der Waals surface area contributed by atoms with Crippen LogP contribution in [0.25, 0.3) is 10.1 Å². The first-order chi connectivity index (χ1) is 15.1. The number of pyridine rings is 1. The smallest absolute Gasteiger partial charge is 0.349 e. The maximum Gasteiger partial charge on any atom is 0.349 e. The van der Waals surface area contributed by atoms with Crippen LogP contribution in [-0.4, -0.2) is 21.8 Å². The first kappa shape index (κ1) is 21.1. The Morgan fingerprint density at radius 3 is 2.77 bits per heavy atom. The molecule has 4 aromatic rings. The summed E-state index contributed by atoms with van der Waals surface area (Å²) < 4.78 is 38.7. The summed E-state index contributed by atoms with van der Waals surface area (Å²) in [6.07, 6.45) is 3.42. The highest BCUT2D eigenvalue weighted by molar-refractivity contribution is 7.85. The molecule has 0 spiro atoms. The van der Waals surface area contributed by atoms with Crippen molar-refractivity contribution in [2.45, 2.75) is 23.3 Å². The SMILES string of the molecule is CCOC(=O)c1sc2cc(OCc3cccnc3)ccc2c1S(=O)c1cccc(F)c1. The van der Waals surface area contributed by atoms with Crippen molar-refractivity contribution in [2.24, 2.45) is 0 Å². The van der Waals surface area contributed by atoms with Gasteiger partial charge in [0.2, 0.25) is 0 Å². The molecule has 0 aliphatic carbocycles. The molecule has 158 valence electrons. The molecule has 8 heteroatoms. The molecule has 0 saturated carbocycles. The largest absolute Gasteiger partial charge is 0.489 e. The topological polar surface area (TPSA) is 65.5 Å². The van der Waals surface area contributed by atoms with Gasteiger partial charge in [-0.1, -0.05) is 12.1 Å². The van der Waals surface area contributed by atoms with E-state index >= 15 is 0 Å². The number of nitrogens with zero attached hydrogens (tertiary/aromatic N) is 1. The second-order valence-corrected chi connectivity index (χ2v) is 8.98. The predicted molar refractivity (Wildman–Crippen MR) is 117 cm³/mol. The standard InChI is InChI=1S/C23H18FNO4S2/c1-2-28-23(26)21-22(31(27)18-7-3-6-16(24)11-18)19-9-8-17(12-20(19)30-21)29-14-15-5-4-10-25-13-15/h3-13H,2,14H2,1H3. The van der Waals surface area contributed by atoms with E-state index in [9.17, 15) is 13.4 Å². The van der Waals surface area contributed by atoms with Gasteiger partial charge in [-0.3, -0.25) is 4.98 Å². The average Bonchev–Trinajstić information content (AvgIpc) is 3.17. The normalized spacial score (nSPS) is 11.9. The number of carbonyl (C=O) groups excluding carboxylic acids is 1. The van der Waals surface area contributed by atoms with Gasteiger partial charge in [-0.15, -0.1) is 11.3 Å². The molecule has 0 saturated heterocycles. The summed E-state index contributed by atoms with van der Waals surface area (Å²) in [7, 11) is -1.76. The number of rotatable bonds is 7. The molecule has 31 heavy (non-hydrogen) atoms. The lowest BCUT2D eigenvalue weighted by Gasteiger charge is -2.07. The van der Waals surface area contributed by atoms with E-state index in [0.29, 0.717) is 22.6 Å². The first-order valence-corrected chi connectivity index (χ1v) is 11.5. The maximum atomic E-state index is 13.7. The van der Waals surface area contributed by atoms with Crippen LogP contribution in [0.15, 0.2) is 76.8 Å². The fourth-order valence-corrected chi connectivity index (χ4v) is 5.73. The molecule has 2 aromatic carbocycles. The van der Waals surface area contributed by atoms with Crippen molar-refractivity contribution in [3.05, 3.63) is 83.2 Å². The minimum atomic E-state index is -1.76. The zero-order valence-electron chi connectivity index (χ0n) is 16.5. The Kier molecular flexibility index (Phi) is 6.39. The number of thiophene rings is 1. The summed E-state index contributed by atoms with van der Waals surface area (Å²) >= 11 is 1.18. The maximum absolute atomic E-state index is 13.7. The van der Waals surface area contributed by atoms with Gasteiger partial charge in [-0.05, 0) is 49.4 Å². The molecule has 0 N–H and O–H groups in total. The number of halogens is 1. The summed E-state index contributed by atoms with van der Waals surface area (Å²) in [6.45, 7) is 2.24. The van der Waals surface area contributed by atoms with Crippen molar-refractivity contribution in [3.63, 3.8) is 0 Å². The Morgan fingerprint density at radius 1 is 1.16 bits per heavy atom. The monoisotopic (exact) mass is 455 g/mol. The van der Waals surface area contributed by atoms with Gasteiger partial charge in [0, 0.05) is 32.9 Å². The van der Waals surface area contributed by atoms with E-state index < -0.39 is 22.6 Å². The minimum Gasteiger partial charge on any atom is -0.489 e. The van der Waals surface area contributed by atoms with E-state index in [-0.39, 0.29) is 16.4 Å². The Bertz CT molecular complexity index is 1260. The first-order valence-electron chi connectivity index (χ1n) is 9.49. The molecule has 0 fully saturated rings. The summed E-state index contributed by atoms with van der Waals surface area (Å²) in [5.41, 5.74) is 0.925. The van der Waals surface area contributed by atoms with Crippen molar-refractivity contribution in [1.82, 2.24) is 4.98 Å². The molecule has 4 rings (SSSR count). The summed E-state index contributed by atoms with van der Waals surface area (Å²) in [5, 5.41) is 0.643. The van der Waals surface area contributed by atoms with E-state index in [1.165, 1.54) is 29.5 Å². The number of carbonyl (C=O) groups is 1. The van der Waals surface area contributed by atoms with Crippen LogP contribution in [0.5, 0.6) is 5.75 Å². The highest BCUT2D eigenvalue weighted by Gasteiger charge is 2.25. The van der Waals surface area contributed by atoms with Gasteiger partial charge in [-0.2, -0.15) is 0 Å². The Balaban J connectivity index is 1.73. The Labute approximate surface area is 184 Å². The van der Waals surface area contributed by atoms with Crippen LogP contribution in [0.3, 0.4) is 0 Å². The van der Waals surface area contributed by atoms with Crippen LogP contribution in [0, 0.1) is 5.82 Å². The van der Waals surface area contributed by atoms with Gasteiger partial charge in [0.25, 0.3) is 0 Å². The minimum absolute atomic E-state index is 0.193. The third-order valence-electron chi connectivity index (χ3n) is 4.40. The van der Waals surface area contributed by atoms with Crippen molar-refractivity contribution in [2.75, 3.05) is 6.61 Å². The molecule has 0 aliphatic rings. The quantitative estimate of drug-likeness (QED) is 0.351. The van der Waals surface area contributed by atoms with Crippen molar-refractivity contribution >= 4 is 38.2 Å². The summed E-state index contributed by atoms with van der Waals surface area (Å²) in [5.74, 6) is -0.438. The number of benzene rings is 2. The molecular formula is C23H18FNO4S2. The second-order valence-electron chi connectivity index (χ2n) is 6.51. The molecule has 1 unspecified atom stereocenters. The zero-order valence-corrected chi connectivity index (χ0v) is 18.2. The molecular weight excluding hydrogens is 437 g/mol. The van der Waals surface area contributed by atoms with Crippen LogP contribution in [0.2, 0.25) is 0 Å². The van der Waals surface area contributed by atoms with E-state index in [1.54, 1.807) is 43.6 Å². The van der Waals surface area contributed by atoms with Crippen molar-refractivity contribution in [3.8, 4) is 5.75 Å². The van der Waals surface area contributed by atoms with Crippen LogP contribution in [0.4, 0.5) is 4.39 Å². The zero-order chi connectivity index (χ0) is 21.8. The van der Waals surface area contributed by atoms with Crippen LogP contribution in [0.1, 0.15) is 22.2 Å². The molecule has 2 heterocycles. The van der Waals surface area contributed by atoms with Gasteiger partial charge in [-0.25, -0.2) is 13.4 Å². The lowest BCUT2D eigenvalue weighted by atomic mass is 10.2. The van der Waals surface area contributed by atoms with E-state index in [2.05, 4.69) is 4.98 Å². The van der Waals surface area contributed by atoms with Crippen molar-refractivity contribution in [1.29, 1.82) is 0 Å². The molecule has 0 amide bonds. The van der Waals surface area contributed by atoms with E-state index in [4.69, 9.17) is 9.47 Å². The fraction of sp³-hybridized carbons (Fsp3) is 0.130. The molecule has 5 nitrogen and oxygen atoms in total. The number of esters is 1. The number of ether oxygens (including phenoxy) is 2. The molecule has 2 aromatic heterocycles.